The highest BCUT2D eigenvalue weighted by Gasteiger charge is 2.44. The number of hydrogen-bond acceptors (Lipinski definition) is 4. The molecule has 0 saturated carbocycles. The molecule has 2 N–H and O–H groups in total. The van der Waals surface area contributed by atoms with Gasteiger partial charge >= 0.3 is 18.3 Å². The lowest BCUT2D eigenvalue weighted by atomic mass is 10.1. The van der Waals surface area contributed by atoms with Crippen molar-refractivity contribution in [3.8, 4) is 0 Å². The number of hydrogen-bond donors (Lipinski definition) is 2. The molecule has 14 heteroatoms. The average molecular weight is 652 g/mol. The number of carboxylic acids is 1. The van der Waals surface area contributed by atoms with E-state index in [-0.39, 0.29) is 36.6 Å². The molecular formula is C24H19F6IN4O3. The van der Waals surface area contributed by atoms with Crippen molar-refractivity contribution < 1.29 is 41.0 Å². The zero-order valence-electron chi connectivity index (χ0n) is 19.5. The first-order valence-corrected chi connectivity index (χ1v) is 12.2. The lowest BCUT2D eigenvalue weighted by Gasteiger charge is -2.21. The van der Waals surface area contributed by atoms with Gasteiger partial charge in [-0.15, -0.1) is 0 Å². The minimum Gasteiger partial charge on any atom is -0.478 e. The Hall–Kier alpha value is -3.30. The van der Waals surface area contributed by atoms with Crippen molar-refractivity contribution >= 4 is 40.3 Å². The van der Waals surface area contributed by atoms with E-state index in [1.54, 1.807) is 22.6 Å². The van der Waals surface area contributed by atoms with Gasteiger partial charge in [-0.2, -0.15) is 31.4 Å². The molecule has 202 valence electrons. The summed E-state index contributed by atoms with van der Waals surface area (Å²) in [7, 11) is 0. The monoisotopic (exact) mass is 652 g/mol. The highest BCUT2D eigenvalue weighted by atomic mass is 127. The van der Waals surface area contributed by atoms with Gasteiger partial charge in [0, 0.05) is 16.7 Å². The minimum atomic E-state index is -4.96. The van der Waals surface area contributed by atoms with Crippen LogP contribution in [0.2, 0.25) is 0 Å². The standard InChI is InChI=1S/C24H19F6IN4O3/c1-12(14-2-4-15(5-3-14)22(37)38)32-20(36)18-19(24(28,29)30)33-35-7-6-34(21(18)35)11-13-8-16(23(25,26)27)10-17(31)9-13/h2-5,8-10,12H,6-7,11H2,1H3,(H,32,36)(H,37,38). The summed E-state index contributed by atoms with van der Waals surface area (Å²) in [6.07, 6.45) is -9.57. The number of benzene rings is 2. The molecule has 2 heterocycles. The van der Waals surface area contributed by atoms with Crippen molar-refractivity contribution in [3.05, 3.63) is 79.5 Å². The van der Waals surface area contributed by atoms with Crippen molar-refractivity contribution in [2.75, 3.05) is 11.4 Å². The van der Waals surface area contributed by atoms with Gasteiger partial charge in [-0.1, -0.05) is 12.1 Å². The molecule has 7 nitrogen and oxygen atoms in total. The number of anilines is 1. The highest BCUT2D eigenvalue weighted by molar-refractivity contribution is 14.1. The molecule has 1 amide bonds. The fraction of sp³-hybridized carbons (Fsp3) is 0.292. The lowest BCUT2D eigenvalue weighted by molar-refractivity contribution is -0.142. The van der Waals surface area contributed by atoms with E-state index in [1.165, 1.54) is 42.2 Å². The van der Waals surface area contributed by atoms with E-state index in [4.69, 9.17) is 5.11 Å². The summed E-state index contributed by atoms with van der Waals surface area (Å²) in [5, 5.41) is 15.1. The molecular weight excluding hydrogens is 633 g/mol. The Labute approximate surface area is 225 Å². The Morgan fingerprint density at radius 3 is 2.29 bits per heavy atom. The first-order valence-electron chi connectivity index (χ1n) is 11.1. The van der Waals surface area contributed by atoms with Gasteiger partial charge in [0.25, 0.3) is 5.91 Å². The molecule has 0 fully saturated rings. The molecule has 3 aromatic rings. The van der Waals surface area contributed by atoms with Crippen LogP contribution in [0.25, 0.3) is 0 Å². The second-order valence-corrected chi connectivity index (χ2v) is 9.90. The van der Waals surface area contributed by atoms with E-state index in [0.29, 0.717) is 9.13 Å². The minimum absolute atomic E-state index is 0.000911. The fourth-order valence-corrected chi connectivity index (χ4v) is 4.94. The van der Waals surface area contributed by atoms with Crippen LogP contribution in [0.4, 0.5) is 32.2 Å². The van der Waals surface area contributed by atoms with Crippen molar-refractivity contribution in [2.45, 2.75) is 38.4 Å². The van der Waals surface area contributed by atoms with Crippen LogP contribution in [0.3, 0.4) is 0 Å². The Balaban J connectivity index is 1.67. The van der Waals surface area contributed by atoms with E-state index >= 15 is 0 Å². The number of aromatic carboxylic acids is 1. The number of fused-ring (bicyclic) bond motifs is 1. The summed E-state index contributed by atoms with van der Waals surface area (Å²) >= 11 is 1.73. The maximum absolute atomic E-state index is 13.9. The highest BCUT2D eigenvalue weighted by Crippen LogP contribution is 2.39. The molecule has 1 aliphatic rings. The summed E-state index contributed by atoms with van der Waals surface area (Å²) in [6.45, 7) is 1.50. The number of halogens is 7. The van der Waals surface area contributed by atoms with E-state index in [9.17, 15) is 35.9 Å². The number of nitrogens with one attached hydrogen (secondary N) is 1. The third-order valence-electron chi connectivity index (χ3n) is 5.97. The van der Waals surface area contributed by atoms with Crippen LogP contribution >= 0.6 is 22.6 Å². The Kier molecular flexibility index (Phi) is 7.38. The predicted molar refractivity (Wildman–Crippen MR) is 132 cm³/mol. The number of aromatic nitrogens is 2. The molecule has 0 spiro atoms. The van der Waals surface area contributed by atoms with Crippen LogP contribution in [0.1, 0.15) is 56.1 Å². The normalized spacial score (nSPS) is 14.4. The van der Waals surface area contributed by atoms with Crippen molar-refractivity contribution in [2.24, 2.45) is 0 Å². The molecule has 1 aliphatic heterocycles. The van der Waals surface area contributed by atoms with Gasteiger partial charge in [0.05, 0.1) is 23.7 Å². The van der Waals surface area contributed by atoms with Gasteiger partial charge in [0.2, 0.25) is 0 Å². The van der Waals surface area contributed by atoms with Gasteiger partial charge in [-0.25, -0.2) is 9.48 Å². The van der Waals surface area contributed by atoms with Crippen LogP contribution in [-0.4, -0.2) is 33.3 Å². The number of carbonyl (C=O) groups excluding carboxylic acids is 1. The molecule has 4 rings (SSSR count). The smallest absolute Gasteiger partial charge is 0.436 e. The van der Waals surface area contributed by atoms with Crippen LogP contribution < -0.4 is 10.2 Å². The Morgan fingerprint density at radius 2 is 1.71 bits per heavy atom. The molecule has 2 aromatic carbocycles. The number of amides is 1. The molecule has 0 aliphatic carbocycles. The second-order valence-electron chi connectivity index (χ2n) is 8.66. The van der Waals surface area contributed by atoms with Crippen LogP contribution in [-0.2, 0) is 25.4 Å². The zero-order valence-corrected chi connectivity index (χ0v) is 21.6. The van der Waals surface area contributed by atoms with E-state index in [2.05, 4.69) is 10.4 Å². The fourth-order valence-electron chi connectivity index (χ4n) is 4.21. The van der Waals surface area contributed by atoms with Crippen LogP contribution in [0, 0.1) is 3.57 Å². The Morgan fingerprint density at radius 1 is 1.05 bits per heavy atom. The lowest BCUT2D eigenvalue weighted by Crippen LogP contribution is -2.31. The second kappa shape index (κ2) is 10.1. The third kappa shape index (κ3) is 5.73. The van der Waals surface area contributed by atoms with Gasteiger partial charge in [0.1, 0.15) is 11.4 Å². The summed E-state index contributed by atoms with van der Waals surface area (Å²) in [5.41, 5.74) is -2.35. The number of nitrogens with zero attached hydrogens (tertiary/aromatic N) is 3. The number of carboxylic acid groups (broad SMARTS) is 1. The number of carbonyl (C=O) groups is 2. The van der Waals surface area contributed by atoms with Crippen molar-refractivity contribution in [1.82, 2.24) is 15.1 Å². The molecule has 1 aromatic heterocycles. The first-order chi connectivity index (χ1) is 17.6. The summed E-state index contributed by atoms with van der Waals surface area (Å²) < 4.78 is 82.8. The number of rotatable bonds is 6. The Bertz CT molecular complexity index is 1390. The average Bonchev–Trinajstić information content (AvgIpc) is 3.38. The molecule has 1 unspecified atom stereocenters. The van der Waals surface area contributed by atoms with E-state index in [0.717, 1.165) is 16.8 Å². The van der Waals surface area contributed by atoms with Crippen molar-refractivity contribution in [1.29, 1.82) is 0 Å². The van der Waals surface area contributed by atoms with Gasteiger partial charge in [0.15, 0.2) is 5.69 Å². The summed E-state index contributed by atoms with van der Waals surface area (Å²) in [4.78, 5) is 25.6. The maximum atomic E-state index is 13.9. The first kappa shape index (κ1) is 27.7. The summed E-state index contributed by atoms with van der Waals surface area (Å²) in [5.74, 6) is -2.37. The zero-order chi connectivity index (χ0) is 28.0. The molecule has 38 heavy (non-hydrogen) atoms. The molecule has 0 radical (unpaired) electrons. The predicted octanol–water partition coefficient (Wildman–Crippen LogP) is 5.73. The van der Waals surface area contributed by atoms with Crippen LogP contribution in [0.15, 0.2) is 42.5 Å². The van der Waals surface area contributed by atoms with Gasteiger partial charge in [-0.05, 0) is 71.0 Å². The number of alkyl halides is 6. The molecule has 0 bridgehead atoms. The van der Waals surface area contributed by atoms with Gasteiger partial charge in [-0.3, -0.25) is 4.79 Å². The van der Waals surface area contributed by atoms with E-state index in [1.807, 2.05) is 0 Å². The van der Waals surface area contributed by atoms with Crippen molar-refractivity contribution in [3.63, 3.8) is 0 Å². The third-order valence-corrected chi connectivity index (χ3v) is 6.59. The maximum Gasteiger partial charge on any atom is 0.436 e. The summed E-state index contributed by atoms with van der Waals surface area (Å²) in [6, 6.07) is 8.06. The SMILES string of the molecule is CC(NC(=O)c1c(C(F)(F)F)nn2c1N(Cc1cc(I)cc(C(F)(F)F)c1)CC2)c1ccc(C(=O)O)cc1. The van der Waals surface area contributed by atoms with E-state index < -0.39 is 47.1 Å². The molecule has 0 saturated heterocycles. The van der Waals surface area contributed by atoms with Crippen LogP contribution in [0.5, 0.6) is 0 Å². The van der Waals surface area contributed by atoms with Gasteiger partial charge < -0.3 is 15.3 Å². The quantitative estimate of drug-likeness (QED) is 0.263. The molecule has 1 atom stereocenters. The topological polar surface area (TPSA) is 87.5 Å². The largest absolute Gasteiger partial charge is 0.478 e.